The molecule has 0 radical (unpaired) electrons. The van der Waals surface area contributed by atoms with Gasteiger partial charge in [0.2, 0.25) is 0 Å². The van der Waals surface area contributed by atoms with Crippen molar-refractivity contribution in [2.45, 2.75) is 31.7 Å². The van der Waals surface area contributed by atoms with Crippen LogP contribution in [0.5, 0.6) is 0 Å². The van der Waals surface area contributed by atoms with Gasteiger partial charge < -0.3 is 14.8 Å². The molecule has 0 spiro atoms. The Morgan fingerprint density at radius 2 is 2.05 bits per heavy atom. The SMILES string of the molecule is CNCC1CCCCN1S(=O)(=O)NCCCOCCOC. The van der Waals surface area contributed by atoms with Gasteiger partial charge in [0, 0.05) is 39.4 Å². The van der Waals surface area contributed by atoms with Gasteiger partial charge in [-0.1, -0.05) is 6.42 Å². The van der Waals surface area contributed by atoms with Crippen molar-refractivity contribution in [2.75, 3.05) is 53.6 Å². The quantitative estimate of drug-likeness (QED) is 0.521. The average molecular weight is 323 g/mol. The topological polar surface area (TPSA) is 79.9 Å². The van der Waals surface area contributed by atoms with Crippen molar-refractivity contribution >= 4 is 10.2 Å². The lowest BCUT2D eigenvalue weighted by molar-refractivity contribution is 0.0699. The van der Waals surface area contributed by atoms with Crippen LogP contribution in [0.2, 0.25) is 0 Å². The number of likely N-dealkylation sites (N-methyl/N-ethyl adjacent to an activating group) is 1. The summed E-state index contributed by atoms with van der Waals surface area (Å²) in [5.41, 5.74) is 0. The molecule has 1 aliphatic rings. The molecule has 0 saturated carbocycles. The van der Waals surface area contributed by atoms with Gasteiger partial charge in [0.05, 0.1) is 13.2 Å². The van der Waals surface area contributed by atoms with Gasteiger partial charge in [0.15, 0.2) is 0 Å². The van der Waals surface area contributed by atoms with E-state index < -0.39 is 10.2 Å². The van der Waals surface area contributed by atoms with Crippen LogP contribution in [0.15, 0.2) is 0 Å². The number of hydrogen-bond donors (Lipinski definition) is 2. The highest BCUT2D eigenvalue weighted by Gasteiger charge is 2.31. The number of rotatable bonds is 11. The van der Waals surface area contributed by atoms with Crippen LogP contribution in [0.25, 0.3) is 0 Å². The van der Waals surface area contributed by atoms with Gasteiger partial charge in [-0.3, -0.25) is 0 Å². The average Bonchev–Trinajstić information content (AvgIpc) is 2.47. The second-order valence-electron chi connectivity index (χ2n) is 5.18. The summed E-state index contributed by atoms with van der Waals surface area (Å²) in [6, 6.07) is 0.0548. The summed E-state index contributed by atoms with van der Waals surface area (Å²) in [6.07, 6.45) is 3.60. The predicted molar refractivity (Wildman–Crippen MR) is 82.5 cm³/mol. The van der Waals surface area contributed by atoms with Gasteiger partial charge in [0.25, 0.3) is 10.2 Å². The summed E-state index contributed by atoms with van der Waals surface area (Å²) >= 11 is 0. The number of ether oxygens (including phenoxy) is 2. The van der Waals surface area contributed by atoms with E-state index in [0.29, 0.717) is 45.9 Å². The first-order valence-electron chi connectivity index (χ1n) is 7.59. The third-order valence-electron chi connectivity index (χ3n) is 3.50. The van der Waals surface area contributed by atoms with E-state index in [1.54, 1.807) is 11.4 Å². The molecule has 1 saturated heterocycles. The summed E-state index contributed by atoms with van der Waals surface area (Å²) < 4.78 is 39.1. The van der Waals surface area contributed by atoms with Crippen LogP contribution in [0.4, 0.5) is 0 Å². The first-order chi connectivity index (χ1) is 10.1. The zero-order valence-corrected chi connectivity index (χ0v) is 14.0. The van der Waals surface area contributed by atoms with E-state index in [1.807, 2.05) is 7.05 Å². The Morgan fingerprint density at radius 1 is 1.24 bits per heavy atom. The summed E-state index contributed by atoms with van der Waals surface area (Å²) in [5, 5.41) is 3.07. The molecule has 0 aromatic heterocycles. The maximum Gasteiger partial charge on any atom is 0.279 e. The van der Waals surface area contributed by atoms with Gasteiger partial charge in [-0.2, -0.15) is 12.7 Å². The fourth-order valence-electron chi connectivity index (χ4n) is 2.43. The highest BCUT2D eigenvalue weighted by molar-refractivity contribution is 7.87. The lowest BCUT2D eigenvalue weighted by atomic mass is 10.1. The Labute approximate surface area is 128 Å². The van der Waals surface area contributed by atoms with Crippen LogP contribution in [-0.4, -0.2) is 72.4 Å². The first kappa shape index (κ1) is 18.8. The molecule has 1 fully saturated rings. The Kier molecular flexibility index (Phi) is 9.37. The van der Waals surface area contributed by atoms with E-state index in [4.69, 9.17) is 9.47 Å². The van der Waals surface area contributed by atoms with E-state index >= 15 is 0 Å². The maximum atomic E-state index is 12.3. The van der Waals surface area contributed by atoms with Crippen molar-refractivity contribution in [2.24, 2.45) is 0 Å². The van der Waals surface area contributed by atoms with Crippen molar-refractivity contribution in [1.82, 2.24) is 14.3 Å². The Hall–Kier alpha value is -0.250. The van der Waals surface area contributed by atoms with Crippen molar-refractivity contribution < 1.29 is 17.9 Å². The molecule has 1 atom stereocenters. The van der Waals surface area contributed by atoms with Crippen molar-refractivity contribution in [3.8, 4) is 0 Å². The number of nitrogens with one attached hydrogen (secondary N) is 2. The van der Waals surface area contributed by atoms with Gasteiger partial charge in [-0.25, -0.2) is 4.72 Å². The van der Waals surface area contributed by atoms with E-state index in [-0.39, 0.29) is 6.04 Å². The van der Waals surface area contributed by atoms with Crippen LogP contribution in [0.1, 0.15) is 25.7 Å². The molecule has 126 valence electrons. The highest BCUT2D eigenvalue weighted by atomic mass is 32.2. The summed E-state index contributed by atoms with van der Waals surface area (Å²) in [6.45, 7) is 3.34. The Balaban J connectivity index is 2.30. The van der Waals surface area contributed by atoms with Gasteiger partial charge in [-0.05, 0) is 26.3 Å². The molecule has 0 amide bonds. The Bertz CT molecular complexity index is 362. The zero-order valence-electron chi connectivity index (χ0n) is 13.1. The molecule has 0 bridgehead atoms. The fourth-order valence-corrected chi connectivity index (χ4v) is 3.94. The smallest absolute Gasteiger partial charge is 0.279 e. The third kappa shape index (κ3) is 7.03. The molecule has 0 aliphatic carbocycles. The first-order valence-corrected chi connectivity index (χ1v) is 9.03. The lowest BCUT2D eigenvalue weighted by Gasteiger charge is -2.34. The van der Waals surface area contributed by atoms with Gasteiger partial charge >= 0.3 is 0 Å². The molecule has 2 N–H and O–H groups in total. The number of methoxy groups -OCH3 is 1. The number of piperidine rings is 1. The van der Waals surface area contributed by atoms with Gasteiger partial charge in [0.1, 0.15) is 0 Å². The Morgan fingerprint density at radius 3 is 2.76 bits per heavy atom. The molecule has 1 unspecified atom stereocenters. The molecule has 1 rings (SSSR count). The second-order valence-corrected chi connectivity index (χ2v) is 6.88. The predicted octanol–water partition coefficient (Wildman–Crippen LogP) is -0.0522. The van der Waals surface area contributed by atoms with Crippen LogP contribution in [0, 0.1) is 0 Å². The number of hydrogen-bond acceptors (Lipinski definition) is 5. The van der Waals surface area contributed by atoms with Gasteiger partial charge in [-0.15, -0.1) is 0 Å². The zero-order chi connectivity index (χ0) is 15.6. The molecule has 7 nitrogen and oxygen atoms in total. The molecular weight excluding hydrogens is 294 g/mol. The summed E-state index contributed by atoms with van der Waals surface area (Å²) in [5.74, 6) is 0. The van der Waals surface area contributed by atoms with E-state index in [1.165, 1.54) is 0 Å². The molecule has 0 aromatic rings. The monoisotopic (exact) mass is 323 g/mol. The minimum Gasteiger partial charge on any atom is -0.382 e. The molecule has 0 aromatic carbocycles. The van der Waals surface area contributed by atoms with E-state index in [9.17, 15) is 8.42 Å². The minimum absolute atomic E-state index is 0.0548. The van der Waals surface area contributed by atoms with Crippen molar-refractivity contribution in [1.29, 1.82) is 0 Å². The highest BCUT2D eigenvalue weighted by Crippen LogP contribution is 2.19. The third-order valence-corrected chi connectivity index (χ3v) is 5.17. The van der Waals surface area contributed by atoms with Crippen LogP contribution >= 0.6 is 0 Å². The van der Waals surface area contributed by atoms with E-state index in [0.717, 1.165) is 19.3 Å². The van der Waals surface area contributed by atoms with E-state index in [2.05, 4.69) is 10.0 Å². The number of nitrogens with zero attached hydrogens (tertiary/aromatic N) is 1. The molecular formula is C13H29N3O4S. The molecule has 1 aliphatic heterocycles. The lowest BCUT2D eigenvalue weighted by Crippen LogP contribution is -2.52. The van der Waals surface area contributed by atoms with Crippen LogP contribution < -0.4 is 10.0 Å². The molecule has 1 heterocycles. The van der Waals surface area contributed by atoms with Crippen LogP contribution in [-0.2, 0) is 19.7 Å². The molecule has 8 heteroatoms. The van der Waals surface area contributed by atoms with Crippen molar-refractivity contribution in [3.63, 3.8) is 0 Å². The minimum atomic E-state index is -3.39. The largest absolute Gasteiger partial charge is 0.382 e. The summed E-state index contributed by atoms with van der Waals surface area (Å²) in [7, 11) is 0.0851. The standard InChI is InChI=1S/C13H29N3O4S/c1-14-12-13-6-3-4-8-16(13)21(17,18)15-7-5-9-20-11-10-19-2/h13-15H,3-12H2,1-2H3. The van der Waals surface area contributed by atoms with Crippen molar-refractivity contribution in [3.05, 3.63) is 0 Å². The fraction of sp³-hybridized carbons (Fsp3) is 1.00. The second kappa shape index (κ2) is 10.5. The molecule has 21 heavy (non-hydrogen) atoms. The van der Waals surface area contributed by atoms with Crippen LogP contribution in [0.3, 0.4) is 0 Å². The summed E-state index contributed by atoms with van der Waals surface area (Å²) in [4.78, 5) is 0. The normalized spacial score (nSPS) is 20.8. The maximum absolute atomic E-state index is 12.3.